The number of para-hydroxylation sites is 3. The molecule has 120 valence electrons. The van der Waals surface area contributed by atoms with Crippen LogP contribution in [0.4, 0.5) is 5.69 Å². The molecular weight excluding hydrogens is 309 g/mol. The first-order chi connectivity index (χ1) is 12.3. The van der Waals surface area contributed by atoms with E-state index >= 15 is 0 Å². The van der Waals surface area contributed by atoms with Crippen LogP contribution in [0.15, 0.2) is 78.9 Å². The van der Waals surface area contributed by atoms with Gasteiger partial charge in [-0.05, 0) is 36.4 Å². The van der Waals surface area contributed by atoms with Gasteiger partial charge in [0, 0.05) is 23.9 Å². The van der Waals surface area contributed by atoms with Crippen LogP contribution in [0.1, 0.15) is 11.1 Å². The molecule has 4 heteroatoms. The van der Waals surface area contributed by atoms with Gasteiger partial charge in [-0.15, -0.1) is 0 Å². The number of benzene rings is 3. The first-order valence-corrected chi connectivity index (χ1v) is 8.12. The van der Waals surface area contributed by atoms with E-state index in [-0.39, 0.29) is 0 Å². The molecule has 0 atom stereocenters. The van der Waals surface area contributed by atoms with Crippen molar-refractivity contribution in [3.8, 4) is 23.3 Å². The predicted molar refractivity (Wildman–Crippen MR) is 101 cm³/mol. The molecule has 3 aromatic rings. The van der Waals surface area contributed by atoms with Crippen molar-refractivity contribution in [1.82, 2.24) is 0 Å². The second-order valence-corrected chi connectivity index (χ2v) is 5.73. The summed E-state index contributed by atoms with van der Waals surface area (Å²) in [7, 11) is 1.44. The molecule has 1 aliphatic rings. The minimum absolute atomic E-state index is 0.503. The van der Waals surface area contributed by atoms with Crippen LogP contribution in [-0.2, 0) is 0 Å². The monoisotopic (exact) mass is 325 g/mol. The maximum absolute atomic E-state index is 5.90. The Kier molecular flexibility index (Phi) is 4.06. The average molecular weight is 325 g/mol. The highest BCUT2D eigenvalue weighted by Crippen LogP contribution is 2.34. The van der Waals surface area contributed by atoms with Crippen LogP contribution in [0.2, 0.25) is 0 Å². The summed E-state index contributed by atoms with van der Waals surface area (Å²) in [5.41, 5.74) is 2.88. The summed E-state index contributed by atoms with van der Waals surface area (Å²) < 4.78 is 11.8. The maximum Gasteiger partial charge on any atom is 0.738 e. The molecule has 0 amide bonds. The van der Waals surface area contributed by atoms with Gasteiger partial charge in [0.05, 0.1) is 0 Å². The van der Waals surface area contributed by atoms with Gasteiger partial charge < -0.3 is 14.1 Å². The fourth-order valence-corrected chi connectivity index (χ4v) is 2.71. The normalized spacial score (nSPS) is 11.6. The molecule has 0 unspecified atom stereocenters. The third kappa shape index (κ3) is 3.18. The first-order valence-electron chi connectivity index (χ1n) is 8.12. The van der Waals surface area contributed by atoms with Gasteiger partial charge in [-0.25, -0.2) is 0 Å². The van der Waals surface area contributed by atoms with Gasteiger partial charge in [0.25, 0.3) is 0 Å². The Labute approximate surface area is 148 Å². The number of anilines is 1. The Hall–Kier alpha value is -3.32. The van der Waals surface area contributed by atoms with Crippen molar-refractivity contribution in [3.63, 3.8) is 0 Å². The van der Waals surface area contributed by atoms with Crippen molar-refractivity contribution in [2.24, 2.45) is 0 Å². The van der Waals surface area contributed by atoms with E-state index in [0.717, 1.165) is 28.3 Å². The third-order valence-electron chi connectivity index (χ3n) is 4.02. The van der Waals surface area contributed by atoms with Crippen molar-refractivity contribution in [1.29, 1.82) is 0 Å². The summed E-state index contributed by atoms with van der Waals surface area (Å²) in [6.45, 7) is 0. The highest BCUT2D eigenvalue weighted by molar-refractivity contribution is 6.52. The fraction of sp³-hybridized carbons (Fsp3) is 0.0476. The van der Waals surface area contributed by atoms with E-state index in [4.69, 9.17) is 9.31 Å². The van der Waals surface area contributed by atoms with Gasteiger partial charge in [-0.3, -0.25) is 0 Å². The molecule has 25 heavy (non-hydrogen) atoms. The summed E-state index contributed by atoms with van der Waals surface area (Å²) in [6, 6.07) is 25.6. The molecule has 0 bridgehead atoms. The molecule has 0 fully saturated rings. The number of nitrogens with zero attached hydrogens (tertiary/aromatic N) is 1. The topological polar surface area (TPSA) is 21.7 Å². The molecule has 0 aromatic heterocycles. The molecule has 3 aromatic carbocycles. The van der Waals surface area contributed by atoms with Crippen molar-refractivity contribution >= 4 is 12.9 Å². The number of hydrogen-bond acceptors (Lipinski definition) is 3. The summed E-state index contributed by atoms with van der Waals surface area (Å²) in [5, 5.41) is 0. The van der Waals surface area contributed by atoms with E-state index in [1.165, 1.54) is 0 Å². The molecule has 1 aliphatic heterocycles. The zero-order chi connectivity index (χ0) is 17.1. The zero-order valence-corrected chi connectivity index (χ0v) is 13.8. The number of fused-ring (bicyclic) bond motifs is 1. The summed E-state index contributed by atoms with van der Waals surface area (Å²) in [6.07, 6.45) is 0. The predicted octanol–water partition coefficient (Wildman–Crippen LogP) is 3.98. The van der Waals surface area contributed by atoms with Crippen LogP contribution in [-0.4, -0.2) is 14.3 Å². The van der Waals surface area contributed by atoms with Gasteiger partial charge in [0.1, 0.15) is 11.5 Å². The molecule has 0 radical (unpaired) electrons. The lowest BCUT2D eigenvalue weighted by atomic mass is 10.0. The minimum Gasteiger partial charge on any atom is -0.504 e. The minimum atomic E-state index is -0.503. The highest BCUT2D eigenvalue weighted by Gasteiger charge is 2.38. The molecular formula is C21H16BNO2. The lowest BCUT2D eigenvalue weighted by Crippen LogP contribution is -2.44. The van der Waals surface area contributed by atoms with Crippen LogP contribution in [0.5, 0.6) is 11.5 Å². The van der Waals surface area contributed by atoms with E-state index in [1.807, 2.05) is 90.7 Å². The second kappa shape index (κ2) is 6.66. The molecule has 0 saturated carbocycles. The second-order valence-electron chi connectivity index (χ2n) is 5.73. The molecule has 0 N–H and O–H groups in total. The lowest BCUT2D eigenvalue weighted by Gasteiger charge is -2.21. The van der Waals surface area contributed by atoms with E-state index in [1.54, 1.807) is 0 Å². The van der Waals surface area contributed by atoms with Crippen molar-refractivity contribution in [2.75, 3.05) is 11.9 Å². The van der Waals surface area contributed by atoms with Gasteiger partial charge in [-0.2, -0.15) is 0 Å². The third-order valence-corrected chi connectivity index (χ3v) is 4.02. The molecule has 0 saturated heterocycles. The SMILES string of the molecule is CN(B1Oc2ccccc2O1)c1ccccc1C#Cc1ccccc1. The number of hydrogen-bond donors (Lipinski definition) is 0. The summed E-state index contributed by atoms with van der Waals surface area (Å²) >= 11 is 0. The Balaban J connectivity index is 1.60. The van der Waals surface area contributed by atoms with Gasteiger partial charge in [-0.1, -0.05) is 54.3 Å². The zero-order valence-electron chi connectivity index (χ0n) is 13.8. The highest BCUT2D eigenvalue weighted by atomic mass is 16.6. The van der Waals surface area contributed by atoms with E-state index < -0.39 is 7.25 Å². The molecule has 4 rings (SSSR count). The van der Waals surface area contributed by atoms with Crippen LogP contribution < -0.4 is 14.1 Å². The molecule has 0 aliphatic carbocycles. The maximum atomic E-state index is 5.90. The summed E-state index contributed by atoms with van der Waals surface area (Å²) in [5.74, 6) is 7.97. The standard InChI is InChI=1S/C21H16BNO2/c1-23(22-24-20-13-7-8-14-21(20)25-22)19-12-6-5-11-18(19)16-15-17-9-3-2-4-10-17/h2-14H,1H3. The van der Waals surface area contributed by atoms with Crippen molar-refractivity contribution < 1.29 is 9.31 Å². The Morgan fingerprint density at radius 1 is 0.720 bits per heavy atom. The molecule has 1 heterocycles. The quantitative estimate of drug-likeness (QED) is 0.525. The molecule has 3 nitrogen and oxygen atoms in total. The van der Waals surface area contributed by atoms with Crippen LogP contribution in [0.25, 0.3) is 0 Å². The average Bonchev–Trinajstić information content (AvgIpc) is 3.11. The van der Waals surface area contributed by atoms with Crippen LogP contribution in [0, 0.1) is 11.8 Å². The molecule has 0 spiro atoms. The van der Waals surface area contributed by atoms with Gasteiger partial charge in [0.2, 0.25) is 0 Å². The van der Waals surface area contributed by atoms with Crippen molar-refractivity contribution in [3.05, 3.63) is 90.0 Å². The largest absolute Gasteiger partial charge is 0.738 e. The van der Waals surface area contributed by atoms with Gasteiger partial charge >= 0.3 is 7.25 Å². The van der Waals surface area contributed by atoms with Crippen LogP contribution >= 0.6 is 0 Å². The smallest absolute Gasteiger partial charge is 0.504 e. The van der Waals surface area contributed by atoms with Gasteiger partial charge in [0.15, 0.2) is 0 Å². The van der Waals surface area contributed by atoms with E-state index in [0.29, 0.717) is 0 Å². The Bertz CT molecular complexity index is 922. The van der Waals surface area contributed by atoms with Crippen molar-refractivity contribution in [2.45, 2.75) is 0 Å². The summed E-state index contributed by atoms with van der Waals surface area (Å²) in [4.78, 5) is 1.95. The fourth-order valence-electron chi connectivity index (χ4n) is 2.71. The van der Waals surface area contributed by atoms with E-state index in [2.05, 4.69) is 11.8 Å². The van der Waals surface area contributed by atoms with E-state index in [9.17, 15) is 0 Å². The first kappa shape index (κ1) is 15.2. The Morgan fingerprint density at radius 2 is 1.32 bits per heavy atom. The lowest BCUT2D eigenvalue weighted by molar-refractivity contribution is 0.495. The van der Waals surface area contributed by atoms with Crippen LogP contribution in [0.3, 0.4) is 0 Å². The Morgan fingerprint density at radius 3 is 2.04 bits per heavy atom. The number of rotatable bonds is 2.